The van der Waals surface area contributed by atoms with Gasteiger partial charge in [-0.2, -0.15) is 0 Å². The maximum atomic E-state index is 14.2. The third kappa shape index (κ3) is 6.73. The number of Topliss-reactive ketones (excluding diaryl/α,β-unsaturated/α-hetero) is 2. The molecule has 0 saturated heterocycles. The molecule has 0 atom stereocenters. The van der Waals surface area contributed by atoms with Gasteiger partial charge in [-0.25, -0.2) is 0 Å². The third-order valence-electron chi connectivity index (χ3n) is 8.75. The van der Waals surface area contributed by atoms with E-state index >= 15 is 0 Å². The highest BCUT2D eigenvalue weighted by atomic mass is 79.9. The molecule has 1 aliphatic heterocycles. The molecule has 2 aromatic carbocycles. The van der Waals surface area contributed by atoms with Gasteiger partial charge in [-0.15, -0.1) is 0 Å². The fourth-order valence-electron chi connectivity index (χ4n) is 6.94. The van der Waals surface area contributed by atoms with Crippen molar-refractivity contribution in [2.24, 2.45) is 10.8 Å². The molecule has 2 aromatic rings. The Morgan fingerprint density at radius 3 is 2.05 bits per heavy atom. The van der Waals surface area contributed by atoms with E-state index in [0.717, 1.165) is 61.9 Å². The first-order valence-corrected chi connectivity index (χ1v) is 17.1. The smallest absolute Gasteiger partial charge is 0.175 e. The van der Waals surface area contributed by atoms with Gasteiger partial charge in [0.05, 0.1) is 11.1 Å². The van der Waals surface area contributed by atoms with Gasteiger partial charge in [0.25, 0.3) is 0 Å². The topological polar surface area (TPSA) is 65.1 Å². The highest BCUT2D eigenvalue weighted by molar-refractivity contribution is 9.10. The Morgan fingerprint density at radius 2 is 1.48 bits per heavy atom. The summed E-state index contributed by atoms with van der Waals surface area (Å²) in [6.07, 6.45) is 3.25. The van der Waals surface area contributed by atoms with Crippen LogP contribution in [0.4, 0.5) is 0 Å². The van der Waals surface area contributed by atoms with E-state index in [-0.39, 0.29) is 22.4 Å². The molecule has 0 radical (unpaired) electrons. The van der Waals surface area contributed by atoms with Gasteiger partial charge in [-0.05, 0) is 76.7 Å². The van der Waals surface area contributed by atoms with Crippen molar-refractivity contribution in [1.29, 1.82) is 0 Å². The molecule has 236 valence electrons. The molecule has 2 aliphatic carbocycles. The first-order chi connectivity index (χ1) is 20.9. The number of allylic oxidation sites excluding steroid dienone is 4. The zero-order chi connectivity index (χ0) is 31.8. The second-order valence-electron chi connectivity index (χ2n) is 13.7. The number of carbonyl (C=O) groups excluding carboxylic acids is 2. The molecule has 0 amide bonds. The SMILES string of the molecule is CCOc1cc(C2C3=C(CC(C)(C)CC3=O)N(CCCOC)C3=C2C(=O)CC(C)(C)C3)cc(Br)c1OCc1ccccc1Br. The second kappa shape index (κ2) is 13.1. The van der Waals surface area contributed by atoms with Crippen molar-refractivity contribution >= 4 is 43.4 Å². The quantitative estimate of drug-likeness (QED) is 0.228. The number of halogens is 2. The van der Waals surface area contributed by atoms with Crippen molar-refractivity contribution in [3.63, 3.8) is 0 Å². The van der Waals surface area contributed by atoms with Crippen LogP contribution in [0.15, 0.2) is 67.9 Å². The normalized spacial score (nSPS) is 19.7. The Labute approximate surface area is 278 Å². The summed E-state index contributed by atoms with van der Waals surface area (Å²) in [6.45, 7) is 12.7. The highest BCUT2D eigenvalue weighted by Crippen LogP contribution is 2.55. The number of nitrogens with zero attached hydrogens (tertiary/aromatic N) is 1. The van der Waals surface area contributed by atoms with Gasteiger partial charge < -0.3 is 19.1 Å². The molecule has 5 rings (SSSR count). The summed E-state index contributed by atoms with van der Waals surface area (Å²) in [5, 5.41) is 0. The Kier molecular flexibility index (Phi) is 9.84. The predicted octanol–water partition coefficient (Wildman–Crippen LogP) is 8.91. The van der Waals surface area contributed by atoms with Crippen LogP contribution in [0.2, 0.25) is 0 Å². The summed E-state index contributed by atoms with van der Waals surface area (Å²) < 4.78 is 19.6. The van der Waals surface area contributed by atoms with Crippen LogP contribution in [0.3, 0.4) is 0 Å². The Balaban J connectivity index is 1.66. The van der Waals surface area contributed by atoms with Crippen molar-refractivity contribution in [2.45, 2.75) is 79.2 Å². The molecule has 44 heavy (non-hydrogen) atoms. The van der Waals surface area contributed by atoms with E-state index in [1.54, 1.807) is 7.11 Å². The molecule has 0 aromatic heterocycles. The van der Waals surface area contributed by atoms with E-state index in [9.17, 15) is 9.59 Å². The predicted molar refractivity (Wildman–Crippen MR) is 180 cm³/mol. The molecule has 0 saturated carbocycles. The van der Waals surface area contributed by atoms with Crippen LogP contribution in [0.25, 0.3) is 0 Å². The fraction of sp³-hybridized carbons (Fsp3) is 0.500. The van der Waals surface area contributed by atoms with Gasteiger partial charge in [0.15, 0.2) is 23.1 Å². The van der Waals surface area contributed by atoms with Crippen molar-refractivity contribution in [3.05, 3.63) is 79.0 Å². The van der Waals surface area contributed by atoms with Crippen LogP contribution in [-0.2, 0) is 20.9 Å². The van der Waals surface area contributed by atoms with E-state index in [2.05, 4.69) is 64.5 Å². The lowest BCUT2D eigenvalue weighted by atomic mass is 9.63. The van der Waals surface area contributed by atoms with E-state index in [4.69, 9.17) is 14.2 Å². The maximum absolute atomic E-state index is 14.2. The summed E-state index contributed by atoms with van der Waals surface area (Å²) in [5.74, 6) is 0.955. The minimum Gasteiger partial charge on any atom is -0.490 e. The van der Waals surface area contributed by atoms with Crippen LogP contribution in [-0.4, -0.2) is 43.3 Å². The van der Waals surface area contributed by atoms with Crippen molar-refractivity contribution in [1.82, 2.24) is 4.90 Å². The van der Waals surface area contributed by atoms with Crippen LogP contribution >= 0.6 is 31.9 Å². The first-order valence-electron chi connectivity index (χ1n) is 15.5. The van der Waals surface area contributed by atoms with Crippen LogP contribution in [0.1, 0.15) is 83.8 Å². The lowest BCUT2D eigenvalue weighted by Crippen LogP contribution is -2.44. The summed E-state index contributed by atoms with van der Waals surface area (Å²) in [4.78, 5) is 30.6. The van der Waals surface area contributed by atoms with Gasteiger partial charge in [0.1, 0.15) is 6.61 Å². The lowest BCUT2D eigenvalue weighted by molar-refractivity contribution is -0.119. The van der Waals surface area contributed by atoms with E-state index in [0.29, 0.717) is 50.7 Å². The Bertz CT molecular complexity index is 1470. The van der Waals surface area contributed by atoms with E-state index in [1.165, 1.54) is 0 Å². The zero-order valence-electron chi connectivity index (χ0n) is 26.6. The number of methoxy groups -OCH3 is 1. The molecule has 0 N–H and O–H groups in total. The summed E-state index contributed by atoms with van der Waals surface area (Å²) in [6, 6.07) is 11.9. The Morgan fingerprint density at radius 1 is 0.864 bits per heavy atom. The van der Waals surface area contributed by atoms with E-state index < -0.39 is 5.92 Å². The molecule has 6 nitrogen and oxygen atoms in total. The molecule has 8 heteroatoms. The monoisotopic (exact) mass is 727 g/mol. The fourth-order valence-corrected chi connectivity index (χ4v) is 7.91. The minimum atomic E-state index is -0.460. The van der Waals surface area contributed by atoms with Crippen molar-refractivity contribution in [3.8, 4) is 11.5 Å². The third-order valence-corrected chi connectivity index (χ3v) is 10.1. The van der Waals surface area contributed by atoms with Crippen LogP contribution in [0, 0.1) is 10.8 Å². The van der Waals surface area contributed by atoms with Gasteiger partial charge in [0, 0.05) is 71.6 Å². The second-order valence-corrected chi connectivity index (χ2v) is 15.4. The largest absolute Gasteiger partial charge is 0.490 e. The number of ether oxygens (including phenoxy) is 3. The van der Waals surface area contributed by atoms with Gasteiger partial charge in [-0.1, -0.05) is 61.8 Å². The number of hydrogen-bond acceptors (Lipinski definition) is 6. The van der Waals surface area contributed by atoms with Crippen LogP contribution < -0.4 is 9.47 Å². The minimum absolute atomic E-state index is 0.116. The van der Waals surface area contributed by atoms with Gasteiger partial charge in [-0.3, -0.25) is 9.59 Å². The molecule has 0 fully saturated rings. The number of carbonyl (C=O) groups is 2. The lowest BCUT2D eigenvalue weighted by Gasteiger charge is -2.49. The standard InChI is InChI=1S/C36H43Br2NO5/c1-7-43-30-16-23(15-25(38)34(30)44-21-22-11-8-9-12-24(22)37)31-32-26(17-35(2,3)19-28(32)40)39(13-10-14-42-6)27-18-36(4,5)20-29(41)33(27)31/h8-9,11-12,15-16,31H,7,10,13-14,17-21H2,1-6H3. The molecular weight excluding hydrogens is 686 g/mol. The highest BCUT2D eigenvalue weighted by Gasteiger charge is 2.49. The number of rotatable bonds is 10. The van der Waals surface area contributed by atoms with Gasteiger partial charge >= 0.3 is 0 Å². The van der Waals surface area contributed by atoms with Crippen molar-refractivity contribution in [2.75, 3.05) is 26.9 Å². The number of ketones is 2. The summed E-state index contributed by atoms with van der Waals surface area (Å²) >= 11 is 7.39. The van der Waals surface area contributed by atoms with Gasteiger partial charge in [0.2, 0.25) is 0 Å². The molecule has 0 spiro atoms. The molecule has 1 heterocycles. The molecule has 3 aliphatic rings. The van der Waals surface area contributed by atoms with Crippen molar-refractivity contribution < 1.29 is 23.8 Å². The van der Waals surface area contributed by atoms with E-state index in [1.807, 2.05) is 43.3 Å². The maximum Gasteiger partial charge on any atom is 0.175 e. The Hall–Kier alpha value is -2.42. The molecule has 0 bridgehead atoms. The number of benzene rings is 2. The summed E-state index contributed by atoms with van der Waals surface area (Å²) in [5.41, 5.74) is 5.15. The molecular formula is C36H43Br2NO5. The summed E-state index contributed by atoms with van der Waals surface area (Å²) in [7, 11) is 1.71. The zero-order valence-corrected chi connectivity index (χ0v) is 29.8. The molecule has 0 unspecified atom stereocenters. The average molecular weight is 730 g/mol. The average Bonchev–Trinajstić information content (AvgIpc) is 2.92. The van der Waals surface area contributed by atoms with Crippen LogP contribution in [0.5, 0.6) is 11.5 Å². The first kappa shape index (κ1) is 33.0. The number of hydrogen-bond donors (Lipinski definition) is 0.